The minimum atomic E-state index is -4.65. The highest BCUT2D eigenvalue weighted by molar-refractivity contribution is 6.35. The van der Waals surface area contributed by atoms with E-state index in [-0.39, 0.29) is 16.7 Å². The van der Waals surface area contributed by atoms with Gasteiger partial charge in [0.25, 0.3) is 0 Å². The molecule has 2 nitrogen and oxygen atoms in total. The quantitative estimate of drug-likeness (QED) is 0.723. The monoisotopic (exact) mass is 324 g/mol. The standard InChI is InChI=1S/C16H8ClF3O2/c17-13-10(6-3-7-11(13)16(18,19)20)12-14(21)8-4-1-2-5-9(8)15(12)22/h1-7,12H. The molecule has 2 aromatic rings. The predicted octanol–water partition coefficient (Wildman–Crippen LogP) is 4.52. The van der Waals surface area contributed by atoms with Crippen LogP contribution in [-0.4, -0.2) is 11.6 Å². The highest BCUT2D eigenvalue weighted by Crippen LogP contribution is 2.42. The fourth-order valence-electron chi connectivity index (χ4n) is 2.62. The van der Waals surface area contributed by atoms with E-state index in [9.17, 15) is 22.8 Å². The molecule has 0 unspecified atom stereocenters. The van der Waals surface area contributed by atoms with Crippen molar-refractivity contribution in [1.29, 1.82) is 0 Å². The lowest BCUT2D eigenvalue weighted by Crippen LogP contribution is -2.15. The Morgan fingerprint density at radius 1 is 0.864 bits per heavy atom. The van der Waals surface area contributed by atoms with Crippen LogP contribution in [0.15, 0.2) is 42.5 Å². The van der Waals surface area contributed by atoms with Crippen molar-refractivity contribution in [2.75, 3.05) is 0 Å². The van der Waals surface area contributed by atoms with E-state index in [1.165, 1.54) is 18.2 Å². The third-order valence-corrected chi connectivity index (χ3v) is 4.05. The molecule has 0 bridgehead atoms. The molecule has 0 saturated heterocycles. The number of hydrogen-bond donors (Lipinski definition) is 0. The van der Waals surface area contributed by atoms with Gasteiger partial charge in [-0.1, -0.05) is 48.0 Å². The first-order valence-corrected chi connectivity index (χ1v) is 6.73. The summed E-state index contributed by atoms with van der Waals surface area (Å²) < 4.78 is 38.8. The average Bonchev–Trinajstić information content (AvgIpc) is 2.71. The largest absolute Gasteiger partial charge is 0.417 e. The summed E-state index contributed by atoms with van der Waals surface area (Å²) in [6.45, 7) is 0. The Labute approximate surface area is 128 Å². The summed E-state index contributed by atoms with van der Waals surface area (Å²) in [4.78, 5) is 24.7. The van der Waals surface area contributed by atoms with E-state index >= 15 is 0 Å². The smallest absolute Gasteiger partial charge is 0.293 e. The summed E-state index contributed by atoms with van der Waals surface area (Å²) in [6.07, 6.45) is -4.65. The maximum atomic E-state index is 12.9. The summed E-state index contributed by atoms with van der Waals surface area (Å²) in [6, 6.07) is 9.41. The van der Waals surface area contributed by atoms with Crippen LogP contribution in [0.1, 0.15) is 37.8 Å². The molecule has 0 aromatic heterocycles. The zero-order valence-corrected chi connectivity index (χ0v) is 11.7. The van der Waals surface area contributed by atoms with Gasteiger partial charge in [0.2, 0.25) is 0 Å². The van der Waals surface area contributed by atoms with Crippen molar-refractivity contribution in [3.8, 4) is 0 Å². The highest BCUT2D eigenvalue weighted by Gasteiger charge is 2.42. The van der Waals surface area contributed by atoms with Crippen LogP contribution >= 0.6 is 11.6 Å². The Morgan fingerprint density at radius 2 is 1.41 bits per heavy atom. The number of carbonyl (C=O) groups is 2. The lowest BCUT2D eigenvalue weighted by atomic mass is 9.92. The van der Waals surface area contributed by atoms with E-state index < -0.39 is 34.2 Å². The van der Waals surface area contributed by atoms with Gasteiger partial charge in [0.05, 0.1) is 10.6 Å². The minimum absolute atomic E-state index is 0.109. The molecular weight excluding hydrogens is 317 g/mol. The maximum absolute atomic E-state index is 12.9. The highest BCUT2D eigenvalue weighted by atomic mass is 35.5. The van der Waals surface area contributed by atoms with Gasteiger partial charge in [-0.05, 0) is 11.6 Å². The second-order valence-corrected chi connectivity index (χ2v) is 5.29. The molecule has 0 radical (unpaired) electrons. The average molecular weight is 325 g/mol. The fourth-order valence-corrected chi connectivity index (χ4v) is 2.96. The summed E-state index contributed by atoms with van der Waals surface area (Å²) in [5, 5.41) is -0.602. The Morgan fingerprint density at radius 3 is 1.91 bits per heavy atom. The molecule has 3 rings (SSSR count). The van der Waals surface area contributed by atoms with Crippen LogP contribution in [0, 0.1) is 0 Å². The third kappa shape index (κ3) is 2.13. The molecule has 0 spiro atoms. The van der Waals surface area contributed by atoms with E-state index in [1.807, 2.05) is 0 Å². The lowest BCUT2D eigenvalue weighted by Gasteiger charge is -2.15. The number of hydrogen-bond acceptors (Lipinski definition) is 2. The van der Waals surface area contributed by atoms with Crippen LogP contribution < -0.4 is 0 Å². The van der Waals surface area contributed by atoms with Crippen molar-refractivity contribution in [3.05, 3.63) is 69.7 Å². The molecule has 0 fully saturated rings. The van der Waals surface area contributed by atoms with Crippen molar-refractivity contribution in [1.82, 2.24) is 0 Å². The van der Waals surface area contributed by atoms with Gasteiger partial charge in [-0.15, -0.1) is 0 Å². The molecule has 1 aliphatic carbocycles. The fraction of sp³-hybridized carbons (Fsp3) is 0.125. The van der Waals surface area contributed by atoms with E-state index in [1.54, 1.807) is 12.1 Å². The van der Waals surface area contributed by atoms with Gasteiger partial charge < -0.3 is 0 Å². The zero-order chi connectivity index (χ0) is 16.1. The first-order chi connectivity index (χ1) is 10.3. The number of Topliss-reactive ketones (excluding diaryl/α,β-unsaturated/α-hetero) is 2. The Hall–Kier alpha value is -2.14. The molecule has 0 atom stereocenters. The van der Waals surface area contributed by atoms with Crippen LogP contribution in [0.25, 0.3) is 0 Å². The second kappa shape index (κ2) is 4.95. The van der Waals surface area contributed by atoms with Gasteiger partial charge in [-0.3, -0.25) is 9.59 Å². The number of rotatable bonds is 1. The first-order valence-electron chi connectivity index (χ1n) is 6.35. The topological polar surface area (TPSA) is 34.1 Å². The number of halogens is 4. The number of fused-ring (bicyclic) bond motifs is 1. The number of alkyl halides is 3. The zero-order valence-electron chi connectivity index (χ0n) is 10.9. The second-order valence-electron chi connectivity index (χ2n) is 4.91. The van der Waals surface area contributed by atoms with Crippen molar-refractivity contribution >= 4 is 23.2 Å². The number of carbonyl (C=O) groups excluding carboxylic acids is 2. The Kier molecular flexibility index (Phi) is 3.33. The normalized spacial score (nSPS) is 15.3. The van der Waals surface area contributed by atoms with Crippen LogP contribution in [0.4, 0.5) is 13.2 Å². The molecule has 0 amide bonds. The molecule has 1 aliphatic rings. The third-order valence-electron chi connectivity index (χ3n) is 3.63. The van der Waals surface area contributed by atoms with Gasteiger partial charge >= 0.3 is 6.18 Å². The summed E-state index contributed by atoms with van der Waals surface area (Å²) in [5.74, 6) is -2.36. The predicted molar refractivity (Wildman–Crippen MR) is 74.3 cm³/mol. The van der Waals surface area contributed by atoms with Crippen molar-refractivity contribution in [2.24, 2.45) is 0 Å². The van der Waals surface area contributed by atoms with Crippen LogP contribution in [0.3, 0.4) is 0 Å². The first kappa shape index (κ1) is 14.8. The molecule has 112 valence electrons. The van der Waals surface area contributed by atoms with E-state index in [0.29, 0.717) is 0 Å². The van der Waals surface area contributed by atoms with Gasteiger partial charge in [-0.25, -0.2) is 0 Å². The molecule has 0 N–H and O–H groups in total. The molecule has 0 saturated carbocycles. The molecule has 6 heteroatoms. The van der Waals surface area contributed by atoms with Crippen molar-refractivity contribution in [3.63, 3.8) is 0 Å². The van der Waals surface area contributed by atoms with Gasteiger partial charge in [0.15, 0.2) is 11.6 Å². The molecular formula is C16H8ClF3O2. The van der Waals surface area contributed by atoms with Gasteiger partial charge in [0.1, 0.15) is 5.92 Å². The molecule has 0 heterocycles. The Bertz CT molecular complexity index is 761. The maximum Gasteiger partial charge on any atom is 0.417 e. The van der Waals surface area contributed by atoms with Gasteiger partial charge in [0, 0.05) is 11.1 Å². The van der Waals surface area contributed by atoms with Crippen LogP contribution in [-0.2, 0) is 6.18 Å². The Balaban J connectivity index is 2.15. The number of benzene rings is 2. The molecule has 0 aliphatic heterocycles. The van der Waals surface area contributed by atoms with Crippen molar-refractivity contribution < 1.29 is 22.8 Å². The molecule has 2 aromatic carbocycles. The summed E-state index contributed by atoms with van der Waals surface area (Å²) >= 11 is 5.82. The van der Waals surface area contributed by atoms with Crippen molar-refractivity contribution in [2.45, 2.75) is 12.1 Å². The molecule has 22 heavy (non-hydrogen) atoms. The van der Waals surface area contributed by atoms with E-state index in [4.69, 9.17) is 11.6 Å². The van der Waals surface area contributed by atoms with Crippen LogP contribution in [0.2, 0.25) is 5.02 Å². The van der Waals surface area contributed by atoms with Crippen LogP contribution in [0.5, 0.6) is 0 Å². The number of ketones is 2. The summed E-state index contributed by atoms with van der Waals surface area (Å²) in [5.41, 5.74) is -0.733. The van der Waals surface area contributed by atoms with E-state index in [0.717, 1.165) is 12.1 Å². The summed E-state index contributed by atoms with van der Waals surface area (Å²) in [7, 11) is 0. The lowest BCUT2D eigenvalue weighted by molar-refractivity contribution is -0.137. The van der Waals surface area contributed by atoms with E-state index in [2.05, 4.69) is 0 Å². The minimum Gasteiger partial charge on any atom is -0.293 e. The SMILES string of the molecule is O=C1c2ccccc2C(=O)C1c1cccc(C(F)(F)F)c1Cl. The van der Waals surface area contributed by atoms with Gasteiger partial charge in [-0.2, -0.15) is 13.2 Å².